The van der Waals surface area contributed by atoms with Crippen molar-refractivity contribution in [3.05, 3.63) is 23.3 Å². The maximum absolute atomic E-state index is 10.5. The average molecular weight is 266 g/mol. The van der Waals surface area contributed by atoms with Gasteiger partial charge in [-0.1, -0.05) is 57.8 Å². The van der Waals surface area contributed by atoms with Gasteiger partial charge in [-0.25, -0.2) is 0 Å². The van der Waals surface area contributed by atoms with E-state index in [1.165, 1.54) is 24.8 Å². The molecule has 0 saturated carbocycles. The van der Waals surface area contributed by atoms with Crippen molar-refractivity contribution in [2.75, 3.05) is 6.61 Å². The molecule has 19 heavy (non-hydrogen) atoms. The Morgan fingerprint density at radius 2 is 2.00 bits per heavy atom. The SMILES string of the molecule is CCCCCCOC(C)(O)C1=CC(C)(C)CC(C)=C1. The molecular formula is C17H30O2. The van der Waals surface area contributed by atoms with E-state index in [2.05, 4.69) is 39.8 Å². The van der Waals surface area contributed by atoms with Crippen LogP contribution in [0.3, 0.4) is 0 Å². The molecule has 110 valence electrons. The van der Waals surface area contributed by atoms with E-state index in [1.54, 1.807) is 6.92 Å². The molecule has 1 rings (SSSR count). The van der Waals surface area contributed by atoms with Crippen LogP contribution in [-0.2, 0) is 4.74 Å². The molecule has 2 heteroatoms. The van der Waals surface area contributed by atoms with Gasteiger partial charge in [-0.15, -0.1) is 0 Å². The highest BCUT2D eigenvalue weighted by molar-refractivity contribution is 5.34. The van der Waals surface area contributed by atoms with Crippen LogP contribution in [0, 0.1) is 5.41 Å². The monoisotopic (exact) mass is 266 g/mol. The Bertz CT molecular complexity index is 348. The number of hydrogen-bond acceptors (Lipinski definition) is 2. The normalized spacial score (nSPS) is 21.6. The first-order chi connectivity index (χ1) is 8.77. The molecule has 1 atom stereocenters. The van der Waals surface area contributed by atoms with Gasteiger partial charge in [-0.3, -0.25) is 0 Å². The van der Waals surface area contributed by atoms with E-state index in [1.807, 2.05) is 0 Å². The Labute approximate surface area is 118 Å². The molecule has 0 aromatic rings. The standard InChI is InChI=1S/C17H30O2/c1-6-7-8-9-10-19-17(5,18)15-11-14(2)12-16(3,4)13-15/h11,13,18H,6-10,12H2,1-5H3. The number of hydrogen-bond donors (Lipinski definition) is 1. The minimum Gasteiger partial charge on any atom is -0.362 e. The van der Waals surface area contributed by atoms with Crippen LogP contribution in [-0.4, -0.2) is 17.5 Å². The smallest absolute Gasteiger partial charge is 0.189 e. The van der Waals surface area contributed by atoms with Crippen molar-refractivity contribution in [1.29, 1.82) is 0 Å². The van der Waals surface area contributed by atoms with Gasteiger partial charge in [-0.05, 0) is 32.1 Å². The molecule has 0 heterocycles. The van der Waals surface area contributed by atoms with Gasteiger partial charge in [-0.2, -0.15) is 0 Å². The molecule has 0 bridgehead atoms. The van der Waals surface area contributed by atoms with Crippen LogP contribution in [0.4, 0.5) is 0 Å². The van der Waals surface area contributed by atoms with Crippen LogP contribution < -0.4 is 0 Å². The second-order valence-electron chi connectivity index (χ2n) is 6.65. The molecule has 0 fully saturated rings. The van der Waals surface area contributed by atoms with Gasteiger partial charge in [0.1, 0.15) is 0 Å². The summed E-state index contributed by atoms with van der Waals surface area (Å²) in [5, 5.41) is 10.5. The van der Waals surface area contributed by atoms with Gasteiger partial charge in [0.15, 0.2) is 5.79 Å². The zero-order valence-corrected chi connectivity index (χ0v) is 13.3. The summed E-state index contributed by atoms with van der Waals surface area (Å²) in [6.45, 7) is 11.1. The van der Waals surface area contributed by atoms with Gasteiger partial charge in [0.2, 0.25) is 0 Å². The summed E-state index contributed by atoms with van der Waals surface area (Å²) in [5.74, 6) is -1.16. The fourth-order valence-corrected chi connectivity index (χ4v) is 2.70. The largest absolute Gasteiger partial charge is 0.362 e. The van der Waals surface area contributed by atoms with Crippen LogP contribution in [0.15, 0.2) is 23.3 Å². The first-order valence-corrected chi connectivity index (χ1v) is 7.54. The van der Waals surface area contributed by atoms with E-state index in [-0.39, 0.29) is 5.41 Å². The van der Waals surface area contributed by atoms with Crippen molar-refractivity contribution in [2.45, 2.75) is 72.5 Å². The molecule has 0 aromatic carbocycles. The van der Waals surface area contributed by atoms with Gasteiger partial charge < -0.3 is 9.84 Å². The lowest BCUT2D eigenvalue weighted by Gasteiger charge is -2.33. The number of rotatable bonds is 7. The summed E-state index contributed by atoms with van der Waals surface area (Å²) < 4.78 is 5.70. The van der Waals surface area contributed by atoms with Gasteiger partial charge in [0, 0.05) is 5.57 Å². The zero-order valence-electron chi connectivity index (χ0n) is 13.3. The highest BCUT2D eigenvalue weighted by atomic mass is 16.6. The summed E-state index contributed by atoms with van der Waals surface area (Å²) in [5.41, 5.74) is 2.30. The summed E-state index contributed by atoms with van der Waals surface area (Å²) in [4.78, 5) is 0. The summed E-state index contributed by atoms with van der Waals surface area (Å²) >= 11 is 0. The second kappa shape index (κ2) is 6.71. The lowest BCUT2D eigenvalue weighted by molar-refractivity contribution is -0.160. The highest BCUT2D eigenvalue weighted by Gasteiger charge is 2.31. The van der Waals surface area contributed by atoms with Crippen molar-refractivity contribution in [3.8, 4) is 0 Å². The second-order valence-corrected chi connectivity index (χ2v) is 6.65. The van der Waals surface area contributed by atoms with E-state index >= 15 is 0 Å². The summed E-state index contributed by atoms with van der Waals surface area (Å²) in [6.07, 6.45) is 9.90. The minimum absolute atomic E-state index is 0.101. The van der Waals surface area contributed by atoms with Crippen LogP contribution in [0.1, 0.15) is 66.7 Å². The minimum atomic E-state index is -1.16. The molecule has 1 aliphatic carbocycles. The lowest BCUT2D eigenvalue weighted by Crippen LogP contribution is -2.33. The Morgan fingerprint density at radius 3 is 2.58 bits per heavy atom. The van der Waals surface area contributed by atoms with Crippen molar-refractivity contribution < 1.29 is 9.84 Å². The van der Waals surface area contributed by atoms with Crippen molar-refractivity contribution in [3.63, 3.8) is 0 Å². The molecule has 0 aromatic heterocycles. The molecule has 0 aliphatic heterocycles. The van der Waals surface area contributed by atoms with Crippen molar-refractivity contribution in [1.82, 2.24) is 0 Å². The lowest BCUT2D eigenvalue weighted by atomic mass is 9.78. The van der Waals surface area contributed by atoms with Crippen molar-refractivity contribution in [2.24, 2.45) is 5.41 Å². The van der Waals surface area contributed by atoms with E-state index < -0.39 is 5.79 Å². The number of allylic oxidation sites excluding steroid dienone is 2. The first-order valence-electron chi connectivity index (χ1n) is 7.54. The molecular weight excluding hydrogens is 236 g/mol. The summed E-state index contributed by atoms with van der Waals surface area (Å²) in [6, 6.07) is 0. The third kappa shape index (κ3) is 5.50. The number of ether oxygens (including phenoxy) is 1. The molecule has 1 unspecified atom stereocenters. The van der Waals surface area contributed by atoms with Crippen LogP contribution in [0.5, 0.6) is 0 Å². The van der Waals surface area contributed by atoms with E-state index in [0.29, 0.717) is 6.61 Å². The van der Waals surface area contributed by atoms with E-state index in [9.17, 15) is 5.11 Å². The predicted molar refractivity (Wildman–Crippen MR) is 81.0 cm³/mol. The van der Waals surface area contributed by atoms with Gasteiger partial charge >= 0.3 is 0 Å². The first kappa shape index (κ1) is 16.5. The number of aliphatic hydroxyl groups is 1. The number of unbranched alkanes of at least 4 members (excludes halogenated alkanes) is 3. The van der Waals surface area contributed by atoms with Gasteiger partial charge in [0.05, 0.1) is 6.61 Å². The predicted octanol–water partition coefficient (Wildman–Crippen LogP) is 4.59. The van der Waals surface area contributed by atoms with Crippen LogP contribution >= 0.6 is 0 Å². The average Bonchev–Trinajstić information content (AvgIpc) is 2.26. The van der Waals surface area contributed by atoms with Crippen molar-refractivity contribution >= 4 is 0 Å². The molecule has 0 amide bonds. The van der Waals surface area contributed by atoms with Gasteiger partial charge in [0.25, 0.3) is 0 Å². The summed E-state index contributed by atoms with van der Waals surface area (Å²) in [7, 11) is 0. The molecule has 1 aliphatic rings. The Morgan fingerprint density at radius 1 is 1.32 bits per heavy atom. The van der Waals surface area contributed by atoms with E-state index in [0.717, 1.165) is 18.4 Å². The zero-order chi connectivity index (χ0) is 14.5. The molecule has 1 N–H and O–H groups in total. The highest BCUT2D eigenvalue weighted by Crippen LogP contribution is 2.36. The molecule has 2 nitrogen and oxygen atoms in total. The Hall–Kier alpha value is -0.600. The Balaban J connectivity index is 2.58. The molecule has 0 spiro atoms. The quantitative estimate of drug-likeness (QED) is 0.539. The molecule has 0 saturated heterocycles. The van der Waals surface area contributed by atoms with Crippen LogP contribution in [0.25, 0.3) is 0 Å². The van der Waals surface area contributed by atoms with E-state index in [4.69, 9.17) is 4.74 Å². The fraction of sp³-hybridized carbons (Fsp3) is 0.765. The third-order valence-corrected chi connectivity index (χ3v) is 3.60. The topological polar surface area (TPSA) is 29.5 Å². The fourth-order valence-electron chi connectivity index (χ4n) is 2.70. The Kier molecular flexibility index (Phi) is 5.82. The maximum Gasteiger partial charge on any atom is 0.189 e. The third-order valence-electron chi connectivity index (χ3n) is 3.60. The van der Waals surface area contributed by atoms with Crippen LogP contribution in [0.2, 0.25) is 0 Å². The maximum atomic E-state index is 10.5. The molecule has 0 radical (unpaired) electrons.